The summed E-state index contributed by atoms with van der Waals surface area (Å²) in [6, 6.07) is 7.90. The van der Waals surface area contributed by atoms with E-state index < -0.39 is 0 Å². The quantitative estimate of drug-likeness (QED) is 0.692. The lowest BCUT2D eigenvalue weighted by Gasteiger charge is -2.31. The molecule has 26 heavy (non-hydrogen) atoms. The first-order valence-electron chi connectivity index (χ1n) is 9.31. The maximum Gasteiger partial charge on any atom is 0.251 e. The van der Waals surface area contributed by atoms with Gasteiger partial charge in [0.05, 0.1) is 6.54 Å². The normalized spacial score (nSPS) is 28.3. The molecular weight excluding hydrogens is 332 g/mol. The van der Waals surface area contributed by atoms with Gasteiger partial charge in [-0.2, -0.15) is 0 Å². The number of nitrogens with zero attached hydrogens (tertiary/aromatic N) is 1. The van der Waals surface area contributed by atoms with Gasteiger partial charge in [-0.25, -0.2) is 0 Å². The molecular formula is C19H24N4O3. The number of carbonyl (C=O) groups excluding carboxylic acids is 3. The Morgan fingerprint density at radius 1 is 1.12 bits per heavy atom. The summed E-state index contributed by atoms with van der Waals surface area (Å²) in [6.45, 7) is 1.24. The third kappa shape index (κ3) is 3.50. The van der Waals surface area contributed by atoms with Gasteiger partial charge in [-0.1, -0.05) is 12.1 Å². The number of hydrogen-bond acceptors (Lipinski definition) is 5. The van der Waals surface area contributed by atoms with E-state index in [9.17, 15) is 14.4 Å². The van der Waals surface area contributed by atoms with Crippen LogP contribution in [0.1, 0.15) is 48.0 Å². The highest BCUT2D eigenvalue weighted by atomic mass is 16.2. The highest BCUT2D eigenvalue weighted by Crippen LogP contribution is 2.27. The van der Waals surface area contributed by atoms with Gasteiger partial charge >= 0.3 is 0 Å². The van der Waals surface area contributed by atoms with Crippen LogP contribution >= 0.6 is 0 Å². The van der Waals surface area contributed by atoms with E-state index >= 15 is 0 Å². The van der Waals surface area contributed by atoms with Crippen molar-refractivity contribution in [2.24, 2.45) is 5.92 Å². The van der Waals surface area contributed by atoms with Crippen LogP contribution in [0.3, 0.4) is 0 Å². The predicted octanol–water partition coefficient (Wildman–Crippen LogP) is 0.710. The number of hydrazine groups is 1. The lowest BCUT2D eigenvalue weighted by molar-refractivity contribution is -0.139. The molecule has 0 bridgehead atoms. The van der Waals surface area contributed by atoms with Crippen LogP contribution in [-0.2, 0) is 16.1 Å². The number of fused-ring (bicyclic) bond motifs is 1. The van der Waals surface area contributed by atoms with Gasteiger partial charge < -0.3 is 5.32 Å². The molecule has 7 heteroatoms. The van der Waals surface area contributed by atoms with Gasteiger partial charge in [0.1, 0.15) is 0 Å². The van der Waals surface area contributed by atoms with Crippen LogP contribution in [0.25, 0.3) is 0 Å². The Kier molecular flexibility index (Phi) is 4.74. The first-order valence-corrected chi connectivity index (χ1v) is 9.31. The Balaban J connectivity index is 1.33. The van der Waals surface area contributed by atoms with E-state index in [1.807, 2.05) is 12.1 Å². The Bertz CT molecular complexity index is 702. The van der Waals surface area contributed by atoms with Crippen LogP contribution < -0.4 is 16.2 Å². The third-order valence-corrected chi connectivity index (χ3v) is 5.68. The first kappa shape index (κ1) is 17.2. The van der Waals surface area contributed by atoms with E-state index in [2.05, 4.69) is 16.2 Å². The smallest absolute Gasteiger partial charge is 0.251 e. The molecule has 1 aliphatic carbocycles. The summed E-state index contributed by atoms with van der Waals surface area (Å²) >= 11 is 0. The lowest BCUT2D eigenvalue weighted by atomic mass is 9.83. The van der Waals surface area contributed by atoms with Crippen molar-refractivity contribution < 1.29 is 14.4 Å². The summed E-state index contributed by atoms with van der Waals surface area (Å²) in [6.07, 6.45) is 3.65. The molecule has 2 saturated heterocycles. The SMILES string of the molecule is O=C(NC1CCC2NNCC2C1)c1ccc(CN2C(=O)CCC2=O)cc1. The summed E-state index contributed by atoms with van der Waals surface area (Å²) in [5.41, 5.74) is 7.95. The number of imide groups is 1. The largest absolute Gasteiger partial charge is 0.349 e. The maximum atomic E-state index is 12.5. The summed E-state index contributed by atoms with van der Waals surface area (Å²) in [5.74, 6) is 0.269. The average molecular weight is 356 g/mol. The number of amides is 3. The van der Waals surface area contributed by atoms with Gasteiger partial charge in [-0.15, -0.1) is 0 Å². The van der Waals surface area contributed by atoms with Gasteiger partial charge in [0.2, 0.25) is 11.8 Å². The number of rotatable bonds is 4. The molecule has 2 aliphatic heterocycles. The zero-order valence-corrected chi connectivity index (χ0v) is 14.7. The number of hydrogen-bond donors (Lipinski definition) is 3. The van der Waals surface area contributed by atoms with E-state index in [4.69, 9.17) is 0 Å². The van der Waals surface area contributed by atoms with E-state index in [-0.39, 0.29) is 30.3 Å². The lowest BCUT2D eigenvalue weighted by Crippen LogP contribution is -2.44. The minimum absolute atomic E-state index is 0.0627. The van der Waals surface area contributed by atoms with Crippen LogP contribution in [0.5, 0.6) is 0 Å². The zero-order chi connectivity index (χ0) is 18.1. The van der Waals surface area contributed by atoms with E-state index in [1.165, 1.54) is 4.90 Å². The predicted molar refractivity (Wildman–Crippen MR) is 94.8 cm³/mol. The molecule has 1 aromatic rings. The van der Waals surface area contributed by atoms with Gasteiger partial charge in [-0.05, 0) is 42.9 Å². The molecule has 3 N–H and O–H groups in total. The van der Waals surface area contributed by atoms with Crippen LogP contribution in [-0.4, -0.2) is 41.2 Å². The molecule has 3 atom stereocenters. The topological polar surface area (TPSA) is 90.5 Å². The average Bonchev–Trinajstić information content (AvgIpc) is 3.23. The number of nitrogens with one attached hydrogen (secondary N) is 3. The summed E-state index contributed by atoms with van der Waals surface area (Å²) in [7, 11) is 0. The molecule has 3 fully saturated rings. The first-order chi connectivity index (χ1) is 12.6. The molecule has 2 heterocycles. The van der Waals surface area contributed by atoms with Crippen molar-refractivity contribution in [2.45, 2.75) is 50.7 Å². The molecule has 3 amide bonds. The standard InChI is InChI=1S/C19H24N4O3/c24-17-7-8-18(25)23(17)11-12-1-3-13(4-2-12)19(26)21-15-5-6-16-14(9-15)10-20-22-16/h1-4,14-16,20,22H,5-11H2,(H,21,26). The molecule has 4 rings (SSSR count). The van der Waals surface area contributed by atoms with Crippen molar-refractivity contribution >= 4 is 17.7 Å². The van der Waals surface area contributed by atoms with Crippen LogP contribution in [0.15, 0.2) is 24.3 Å². The fraction of sp³-hybridized carbons (Fsp3) is 0.526. The Morgan fingerprint density at radius 3 is 2.58 bits per heavy atom. The minimum Gasteiger partial charge on any atom is -0.349 e. The van der Waals surface area contributed by atoms with Crippen molar-refractivity contribution in [3.05, 3.63) is 35.4 Å². The second kappa shape index (κ2) is 7.17. The van der Waals surface area contributed by atoms with Crippen LogP contribution in [0, 0.1) is 5.92 Å². The molecule has 7 nitrogen and oxygen atoms in total. The summed E-state index contributed by atoms with van der Waals surface area (Å²) in [4.78, 5) is 37.2. The van der Waals surface area contributed by atoms with Gasteiger partial charge in [0, 0.05) is 37.0 Å². The van der Waals surface area contributed by atoms with Gasteiger partial charge in [0.25, 0.3) is 5.91 Å². The third-order valence-electron chi connectivity index (χ3n) is 5.68. The van der Waals surface area contributed by atoms with Crippen molar-refractivity contribution in [1.82, 2.24) is 21.1 Å². The molecule has 0 aromatic heterocycles. The van der Waals surface area contributed by atoms with Crippen molar-refractivity contribution in [1.29, 1.82) is 0 Å². The Hall–Kier alpha value is -2.25. The van der Waals surface area contributed by atoms with Gasteiger partial charge in [0.15, 0.2) is 0 Å². The second-order valence-corrected chi connectivity index (χ2v) is 7.45. The molecule has 1 aromatic carbocycles. The van der Waals surface area contributed by atoms with E-state index in [0.29, 0.717) is 30.4 Å². The fourth-order valence-electron chi connectivity index (χ4n) is 4.14. The van der Waals surface area contributed by atoms with E-state index in [0.717, 1.165) is 31.4 Å². The van der Waals surface area contributed by atoms with Crippen molar-refractivity contribution in [2.75, 3.05) is 6.54 Å². The second-order valence-electron chi connectivity index (χ2n) is 7.45. The number of benzene rings is 1. The monoisotopic (exact) mass is 356 g/mol. The van der Waals surface area contributed by atoms with Crippen LogP contribution in [0.4, 0.5) is 0 Å². The number of likely N-dealkylation sites (tertiary alicyclic amines) is 1. The zero-order valence-electron chi connectivity index (χ0n) is 14.7. The minimum atomic E-state index is -0.122. The van der Waals surface area contributed by atoms with Crippen molar-refractivity contribution in [3.63, 3.8) is 0 Å². The Labute approximate surface area is 152 Å². The van der Waals surface area contributed by atoms with Gasteiger partial charge in [-0.3, -0.25) is 30.1 Å². The summed E-state index contributed by atoms with van der Waals surface area (Å²) < 4.78 is 0. The highest BCUT2D eigenvalue weighted by molar-refractivity contribution is 6.01. The Morgan fingerprint density at radius 2 is 1.85 bits per heavy atom. The summed E-state index contributed by atoms with van der Waals surface area (Å²) in [5, 5.41) is 3.14. The molecule has 0 spiro atoms. The maximum absolute atomic E-state index is 12.5. The molecule has 3 aliphatic rings. The number of carbonyl (C=O) groups is 3. The van der Waals surface area contributed by atoms with Crippen molar-refractivity contribution in [3.8, 4) is 0 Å². The van der Waals surface area contributed by atoms with E-state index in [1.54, 1.807) is 12.1 Å². The molecule has 0 radical (unpaired) electrons. The highest BCUT2D eigenvalue weighted by Gasteiger charge is 2.34. The molecule has 138 valence electrons. The van der Waals surface area contributed by atoms with Crippen LogP contribution in [0.2, 0.25) is 0 Å². The molecule has 1 saturated carbocycles. The fourth-order valence-corrected chi connectivity index (χ4v) is 4.14. The molecule has 3 unspecified atom stereocenters.